The average molecular weight is 414 g/mol. The first-order valence-corrected chi connectivity index (χ1v) is 10.8. The van der Waals surface area contributed by atoms with Crippen LogP contribution < -0.4 is 5.32 Å². The number of nitrogens with zero attached hydrogens (tertiary/aromatic N) is 1. The summed E-state index contributed by atoms with van der Waals surface area (Å²) in [6.45, 7) is 2.02. The number of thioether (sulfide) groups is 1. The van der Waals surface area contributed by atoms with Gasteiger partial charge in [-0.15, -0.1) is 0 Å². The smallest absolute Gasteiger partial charge is 0.234 e. The van der Waals surface area contributed by atoms with E-state index in [0.29, 0.717) is 5.75 Å². The molecule has 2 N–H and O–H groups in total. The zero-order chi connectivity index (χ0) is 20.8. The summed E-state index contributed by atoms with van der Waals surface area (Å²) in [6.07, 6.45) is 0.778. The van der Waals surface area contributed by atoms with Crippen LogP contribution in [0.25, 0.3) is 11.1 Å². The average Bonchev–Trinajstić information content (AvgIpc) is 3.13. The van der Waals surface area contributed by atoms with Crippen molar-refractivity contribution in [2.75, 3.05) is 11.1 Å². The van der Waals surface area contributed by atoms with Gasteiger partial charge in [0, 0.05) is 23.4 Å². The Labute approximate surface area is 180 Å². The second-order valence-corrected chi connectivity index (χ2v) is 7.99. The topological polar surface area (TPSA) is 57.8 Å². The SMILES string of the molecule is Cc1[nH]c(SCC(=O)Nc2ccccc2-c2ccccc2)nc1Cc1ccccc1. The molecule has 1 aromatic heterocycles. The normalized spacial score (nSPS) is 10.7. The molecule has 30 heavy (non-hydrogen) atoms. The highest BCUT2D eigenvalue weighted by Crippen LogP contribution is 2.28. The van der Waals surface area contributed by atoms with E-state index in [0.717, 1.165) is 39.8 Å². The van der Waals surface area contributed by atoms with Crippen LogP contribution in [0.15, 0.2) is 90.1 Å². The number of hydrogen-bond acceptors (Lipinski definition) is 3. The zero-order valence-electron chi connectivity index (χ0n) is 16.8. The Balaban J connectivity index is 1.39. The van der Waals surface area contributed by atoms with E-state index in [-0.39, 0.29) is 5.91 Å². The van der Waals surface area contributed by atoms with Gasteiger partial charge in [-0.05, 0) is 24.1 Å². The summed E-state index contributed by atoms with van der Waals surface area (Å²) in [5.74, 6) is 0.239. The van der Waals surface area contributed by atoms with Crippen molar-refractivity contribution in [1.29, 1.82) is 0 Å². The highest BCUT2D eigenvalue weighted by molar-refractivity contribution is 7.99. The number of carbonyl (C=O) groups is 1. The molecule has 0 unspecified atom stereocenters. The van der Waals surface area contributed by atoms with Crippen LogP contribution in [-0.2, 0) is 11.2 Å². The molecule has 0 saturated carbocycles. The number of imidazole rings is 1. The highest BCUT2D eigenvalue weighted by Gasteiger charge is 2.12. The molecule has 5 heteroatoms. The molecule has 4 aromatic rings. The Morgan fingerprint density at radius 1 is 0.933 bits per heavy atom. The van der Waals surface area contributed by atoms with Gasteiger partial charge in [0.05, 0.1) is 11.4 Å². The third-order valence-electron chi connectivity index (χ3n) is 4.80. The zero-order valence-corrected chi connectivity index (χ0v) is 17.6. The number of nitrogens with one attached hydrogen (secondary N) is 2. The van der Waals surface area contributed by atoms with E-state index in [4.69, 9.17) is 0 Å². The number of H-pyrrole nitrogens is 1. The van der Waals surface area contributed by atoms with Crippen LogP contribution in [0.3, 0.4) is 0 Å². The maximum atomic E-state index is 12.6. The van der Waals surface area contributed by atoms with E-state index < -0.39 is 0 Å². The molecule has 4 rings (SSSR count). The van der Waals surface area contributed by atoms with Gasteiger partial charge in [0.15, 0.2) is 5.16 Å². The van der Waals surface area contributed by atoms with Crippen LogP contribution in [0.2, 0.25) is 0 Å². The molecule has 1 amide bonds. The number of aromatic amines is 1. The summed E-state index contributed by atoms with van der Waals surface area (Å²) >= 11 is 1.42. The standard InChI is InChI=1S/C25H23N3OS/c1-18-23(16-19-10-4-2-5-11-19)28-25(26-18)30-17-24(29)27-22-15-9-8-14-21(22)20-12-6-3-7-13-20/h2-15H,16-17H2,1H3,(H,26,28)(H,27,29). The van der Waals surface area contributed by atoms with Crippen molar-refractivity contribution < 1.29 is 4.79 Å². The second kappa shape index (κ2) is 9.46. The predicted molar refractivity (Wildman–Crippen MR) is 124 cm³/mol. The van der Waals surface area contributed by atoms with Crippen molar-refractivity contribution >= 4 is 23.4 Å². The lowest BCUT2D eigenvalue weighted by atomic mass is 10.0. The highest BCUT2D eigenvalue weighted by atomic mass is 32.2. The van der Waals surface area contributed by atoms with E-state index in [1.807, 2.05) is 79.7 Å². The summed E-state index contributed by atoms with van der Waals surface area (Å²) in [5, 5.41) is 3.81. The number of carbonyl (C=O) groups excluding carboxylic acids is 1. The quantitative estimate of drug-likeness (QED) is 0.382. The minimum atomic E-state index is -0.0537. The molecule has 0 saturated heterocycles. The Kier molecular flexibility index (Phi) is 6.30. The number of para-hydroxylation sites is 1. The fraction of sp³-hybridized carbons (Fsp3) is 0.120. The molecular weight excluding hydrogens is 390 g/mol. The molecule has 0 atom stereocenters. The lowest BCUT2D eigenvalue weighted by Gasteiger charge is -2.11. The molecular formula is C25H23N3OS. The van der Waals surface area contributed by atoms with Crippen LogP contribution in [0, 0.1) is 6.92 Å². The van der Waals surface area contributed by atoms with E-state index >= 15 is 0 Å². The molecule has 150 valence electrons. The first-order chi connectivity index (χ1) is 14.7. The maximum absolute atomic E-state index is 12.6. The number of anilines is 1. The summed E-state index contributed by atoms with van der Waals surface area (Å²) < 4.78 is 0. The van der Waals surface area contributed by atoms with E-state index in [1.54, 1.807) is 0 Å². The van der Waals surface area contributed by atoms with Gasteiger partial charge in [-0.1, -0.05) is 90.6 Å². The Hall–Kier alpha value is -3.31. The van der Waals surface area contributed by atoms with Crippen LogP contribution in [-0.4, -0.2) is 21.6 Å². The molecule has 0 spiro atoms. The number of hydrogen-bond donors (Lipinski definition) is 2. The Bertz CT molecular complexity index is 1120. The molecule has 0 aliphatic heterocycles. The third-order valence-corrected chi connectivity index (χ3v) is 5.68. The Morgan fingerprint density at radius 2 is 1.60 bits per heavy atom. The molecule has 3 aromatic carbocycles. The van der Waals surface area contributed by atoms with E-state index in [1.165, 1.54) is 17.3 Å². The van der Waals surface area contributed by atoms with Crippen molar-refractivity contribution in [1.82, 2.24) is 9.97 Å². The van der Waals surface area contributed by atoms with E-state index in [2.05, 4.69) is 27.4 Å². The van der Waals surface area contributed by atoms with Crippen molar-refractivity contribution in [3.8, 4) is 11.1 Å². The van der Waals surface area contributed by atoms with Gasteiger partial charge in [0.25, 0.3) is 0 Å². The van der Waals surface area contributed by atoms with Crippen LogP contribution >= 0.6 is 11.8 Å². The summed E-state index contributed by atoms with van der Waals surface area (Å²) in [6, 6.07) is 28.2. The van der Waals surface area contributed by atoms with Crippen molar-refractivity contribution in [3.05, 3.63) is 102 Å². The number of benzene rings is 3. The minimum Gasteiger partial charge on any atom is -0.337 e. The number of aromatic nitrogens is 2. The van der Waals surface area contributed by atoms with Crippen LogP contribution in [0.1, 0.15) is 17.0 Å². The molecule has 0 radical (unpaired) electrons. The lowest BCUT2D eigenvalue weighted by molar-refractivity contribution is -0.113. The summed E-state index contributed by atoms with van der Waals surface area (Å²) in [5.41, 5.74) is 6.17. The van der Waals surface area contributed by atoms with Gasteiger partial charge < -0.3 is 10.3 Å². The van der Waals surface area contributed by atoms with Gasteiger partial charge in [-0.25, -0.2) is 4.98 Å². The molecule has 1 heterocycles. The Morgan fingerprint density at radius 3 is 2.37 bits per heavy atom. The van der Waals surface area contributed by atoms with Gasteiger partial charge in [-0.3, -0.25) is 4.79 Å². The molecule has 0 fully saturated rings. The maximum Gasteiger partial charge on any atom is 0.234 e. The molecule has 0 aliphatic carbocycles. The summed E-state index contributed by atoms with van der Waals surface area (Å²) in [4.78, 5) is 20.5. The third kappa shape index (κ3) is 4.99. The first kappa shape index (κ1) is 20.0. The number of amides is 1. The first-order valence-electron chi connectivity index (χ1n) is 9.85. The number of rotatable bonds is 7. The molecule has 0 aliphatic rings. The van der Waals surface area contributed by atoms with Gasteiger partial charge in [0.1, 0.15) is 0 Å². The van der Waals surface area contributed by atoms with E-state index in [9.17, 15) is 4.79 Å². The minimum absolute atomic E-state index is 0.0537. The van der Waals surface area contributed by atoms with Crippen molar-refractivity contribution in [2.45, 2.75) is 18.5 Å². The summed E-state index contributed by atoms with van der Waals surface area (Å²) in [7, 11) is 0. The fourth-order valence-electron chi connectivity index (χ4n) is 3.28. The molecule has 0 bridgehead atoms. The van der Waals surface area contributed by atoms with Crippen molar-refractivity contribution in [2.24, 2.45) is 0 Å². The van der Waals surface area contributed by atoms with Crippen molar-refractivity contribution in [3.63, 3.8) is 0 Å². The number of aryl methyl sites for hydroxylation is 1. The van der Waals surface area contributed by atoms with Gasteiger partial charge >= 0.3 is 0 Å². The second-order valence-electron chi connectivity index (χ2n) is 7.02. The predicted octanol–water partition coefficient (Wildman–Crippen LogP) is 5.71. The molecule has 4 nitrogen and oxygen atoms in total. The van der Waals surface area contributed by atoms with Gasteiger partial charge in [0.2, 0.25) is 5.91 Å². The van der Waals surface area contributed by atoms with Crippen LogP contribution in [0.5, 0.6) is 0 Å². The fourth-order valence-corrected chi connectivity index (χ4v) is 4.02. The monoisotopic (exact) mass is 413 g/mol. The van der Waals surface area contributed by atoms with Crippen LogP contribution in [0.4, 0.5) is 5.69 Å². The largest absolute Gasteiger partial charge is 0.337 e. The van der Waals surface area contributed by atoms with Gasteiger partial charge in [-0.2, -0.15) is 0 Å². The lowest BCUT2D eigenvalue weighted by Crippen LogP contribution is -2.14.